The Bertz CT molecular complexity index is 1140. The summed E-state index contributed by atoms with van der Waals surface area (Å²) < 4.78 is 40.7. The van der Waals surface area contributed by atoms with Gasteiger partial charge in [0.05, 0.1) is 22.7 Å². The molecule has 0 amide bonds. The average molecular weight is 425 g/mol. The van der Waals surface area contributed by atoms with E-state index in [1.807, 2.05) is 0 Å². The Morgan fingerprint density at radius 3 is 2.52 bits per heavy atom. The fourth-order valence-corrected chi connectivity index (χ4v) is 3.30. The number of benzene rings is 1. The van der Waals surface area contributed by atoms with E-state index >= 15 is 0 Å². The molecule has 2 aromatic heterocycles. The first-order chi connectivity index (χ1) is 13.7. The molecule has 1 saturated carbocycles. The van der Waals surface area contributed by atoms with E-state index in [4.69, 9.17) is 11.6 Å². The van der Waals surface area contributed by atoms with Gasteiger partial charge in [-0.1, -0.05) is 23.7 Å². The molecule has 0 unspecified atom stereocenters. The lowest BCUT2D eigenvalue weighted by Crippen LogP contribution is -2.27. The van der Waals surface area contributed by atoms with Crippen LogP contribution in [0.3, 0.4) is 0 Å². The first-order valence-electron chi connectivity index (χ1n) is 8.85. The second kappa shape index (κ2) is 7.00. The van der Waals surface area contributed by atoms with Gasteiger partial charge in [0.25, 0.3) is 0 Å². The number of nitrogens with zero attached hydrogens (tertiary/aromatic N) is 3. The Kier molecular flexibility index (Phi) is 4.74. The van der Waals surface area contributed by atoms with Gasteiger partial charge >= 0.3 is 11.9 Å². The molecule has 0 aliphatic heterocycles. The lowest BCUT2D eigenvalue weighted by Gasteiger charge is -2.17. The number of hydrogen-bond donors (Lipinski definition) is 2. The number of anilines is 1. The Morgan fingerprint density at radius 2 is 1.90 bits per heavy atom. The van der Waals surface area contributed by atoms with E-state index in [0.29, 0.717) is 6.54 Å². The van der Waals surface area contributed by atoms with Crippen molar-refractivity contribution in [3.8, 4) is 5.69 Å². The predicted octanol–water partition coefficient (Wildman–Crippen LogP) is 3.64. The number of para-hydroxylation sites is 1. The molecule has 2 heterocycles. The molecule has 10 heteroatoms. The Balaban J connectivity index is 1.93. The second-order valence-electron chi connectivity index (χ2n) is 7.11. The first-order valence-corrected chi connectivity index (χ1v) is 9.23. The molecule has 2 N–H and O–H groups in total. The zero-order valence-corrected chi connectivity index (χ0v) is 15.8. The highest BCUT2D eigenvalue weighted by atomic mass is 35.5. The molecule has 3 aromatic rings. The van der Waals surface area contributed by atoms with Gasteiger partial charge in [0.2, 0.25) is 0 Å². The van der Waals surface area contributed by atoms with E-state index < -0.39 is 17.6 Å². The second-order valence-corrected chi connectivity index (χ2v) is 7.51. The predicted molar refractivity (Wildman–Crippen MR) is 102 cm³/mol. The van der Waals surface area contributed by atoms with Gasteiger partial charge in [-0.05, 0) is 37.1 Å². The molecule has 4 rings (SSSR count). The van der Waals surface area contributed by atoms with Crippen molar-refractivity contribution in [1.82, 2.24) is 14.5 Å². The molecule has 6 nitrogen and oxygen atoms in total. The maximum atomic E-state index is 13.3. The lowest BCUT2D eigenvalue weighted by atomic mass is 10.1. The number of aliphatic hydroxyl groups is 1. The van der Waals surface area contributed by atoms with Crippen molar-refractivity contribution < 1.29 is 18.3 Å². The molecule has 0 radical (unpaired) electrons. The fourth-order valence-electron chi connectivity index (χ4n) is 3.08. The molecule has 1 fully saturated rings. The van der Waals surface area contributed by atoms with E-state index in [1.165, 1.54) is 18.2 Å². The van der Waals surface area contributed by atoms with Gasteiger partial charge in [-0.3, -0.25) is 0 Å². The molecular weight excluding hydrogens is 409 g/mol. The zero-order valence-electron chi connectivity index (χ0n) is 15.0. The molecule has 0 spiro atoms. The first kappa shape index (κ1) is 19.7. The molecule has 1 aromatic carbocycles. The number of aliphatic hydroxyl groups excluding tert-OH is 1. The van der Waals surface area contributed by atoms with Gasteiger partial charge in [-0.2, -0.15) is 18.2 Å². The van der Waals surface area contributed by atoms with Crippen LogP contribution in [-0.4, -0.2) is 32.8 Å². The number of halogens is 4. The van der Waals surface area contributed by atoms with Crippen molar-refractivity contribution in [1.29, 1.82) is 0 Å². The van der Waals surface area contributed by atoms with Crippen LogP contribution in [0.15, 0.2) is 41.2 Å². The summed E-state index contributed by atoms with van der Waals surface area (Å²) in [5.41, 5.74) is -2.25. The molecule has 1 aliphatic rings. The van der Waals surface area contributed by atoms with Crippen molar-refractivity contribution in [2.75, 3.05) is 18.5 Å². The van der Waals surface area contributed by atoms with Gasteiger partial charge in [0.1, 0.15) is 11.5 Å². The third kappa shape index (κ3) is 3.67. The monoisotopic (exact) mass is 424 g/mol. The van der Waals surface area contributed by atoms with Crippen LogP contribution >= 0.6 is 11.6 Å². The quantitative estimate of drug-likeness (QED) is 0.653. The fraction of sp³-hybridized carbons (Fsp3) is 0.316. The minimum atomic E-state index is -4.68. The van der Waals surface area contributed by atoms with E-state index in [1.54, 1.807) is 12.1 Å². The lowest BCUT2D eigenvalue weighted by molar-refractivity contribution is -0.141. The van der Waals surface area contributed by atoms with Crippen LogP contribution in [0.1, 0.15) is 18.5 Å². The van der Waals surface area contributed by atoms with Gasteiger partial charge in [0.15, 0.2) is 5.65 Å². The van der Waals surface area contributed by atoms with Crippen LogP contribution in [0.4, 0.5) is 19.0 Å². The minimum Gasteiger partial charge on any atom is -0.396 e. The van der Waals surface area contributed by atoms with E-state index in [9.17, 15) is 23.1 Å². The number of alkyl halides is 3. The molecular formula is C19H16ClF3N4O2. The SMILES string of the molecule is O=c1nc(NCC2(CO)CC2)c2ccc(C(F)(F)F)nc2n1-c1ccccc1Cl. The van der Waals surface area contributed by atoms with Gasteiger partial charge in [0, 0.05) is 12.0 Å². The normalized spacial score (nSPS) is 15.5. The topological polar surface area (TPSA) is 80.0 Å². The van der Waals surface area contributed by atoms with Crippen molar-refractivity contribution in [3.05, 3.63) is 57.6 Å². The van der Waals surface area contributed by atoms with Crippen LogP contribution < -0.4 is 11.0 Å². The number of fused-ring (bicyclic) bond motifs is 1. The summed E-state index contributed by atoms with van der Waals surface area (Å²) in [4.78, 5) is 20.5. The number of rotatable bonds is 5. The van der Waals surface area contributed by atoms with Crippen LogP contribution in [0.25, 0.3) is 16.7 Å². The summed E-state index contributed by atoms with van der Waals surface area (Å²) in [6.07, 6.45) is -3.04. The molecule has 0 bridgehead atoms. The van der Waals surface area contributed by atoms with E-state index in [0.717, 1.165) is 23.5 Å². The summed E-state index contributed by atoms with van der Waals surface area (Å²) >= 11 is 6.17. The maximum absolute atomic E-state index is 13.3. The number of aromatic nitrogens is 3. The molecule has 1 aliphatic carbocycles. The van der Waals surface area contributed by atoms with Crippen LogP contribution in [-0.2, 0) is 6.18 Å². The summed E-state index contributed by atoms with van der Waals surface area (Å²) in [7, 11) is 0. The van der Waals surface area contributed by atoms with Crippen LogP contribution in [0.5, 0.6) is 0 Å². The summed E-state index contributed by atoms with van der Waals surface area (Å²) in [6, 6.07) is 8.34. The van der Waals surface area contributed by atoms with Crippen molar-refractivity contribution in [2.24, 2.45) is 5.41 Å². The Morgan fingerprint density at radius 1 is 1.17 bits per heavy atom. The van der Waals surface area contributed by atoms with E-state index in [-0.39, 0.29) is 39.6 Å². The Hall–Kier alpha value is -2.65. The third-order valence-electron chi connectivity index (χ3n) is 5.05. The van der Waals surface area contributed by atoms with Crippen molar-refractivity contribution in [2.45, 2.75) is 19.0 Å². The van der Waals surface area contributed by atoms with Crippen molar-refractivity contribution >= 4 is 28.5 Å². The van der Waals surface area contributed by atoms with Gasteiger partial charge in [-0.25, -0.2) is 14.3 Å². The summed E-state index contributed by atoms with van der Waals surface area (Å²) in [5, 5.41) is 12.9. The molecule has 0 atom stereocenters. The smallest absolute Gasteiger partial charge is 0.396 e. The number of pyridine rings is 1. The standard InChI is InChI=1S/C19H16ClF3N4O2/c20-12-3-1-2-4-13(12)27-16-11(5-6-14(25-16)19(21,22)23)15(26-17(27)29)24-9-18(10-28)7-8-18/h1-6,28H,7-10H2,(H,24,26,29). The van der Waals surface area contributed by atoms with Gasteiger partial charge in [-0.15, -0.1) is 0 Å². The van der Waals surface area contributed by atoms with Crippen LogP contribution in [0, 0.1) is 5.41 Å². The summed E-state index contributed by atoms with van der Waals surface area (Å²) in [5.74, 6) is 0.120. The van der Waals surface area contributed by atoms with Crippen molar-refractivity contribution in [3.63, 3.8) is 0 Å². The van der Waals surface area contributed by atoms with E-state index in [2.05, 4.69) is 15.3 Å². The highest BCUT2D eigenvalue weighted by molar-refractivity contribution is 6.32. The molecule has 29 heavy (non-hydrogen) atoms. The summed E-state index contributed by atoms with van der Waals surface area (Å²) in [6.45, 7) is 0.327. The third-order valence-corrected chi connectivity index (χ3v) is 5.37. The van der Waals surface area contributed by atoms with Gasteiger partial charge < -0.3 is 10.4 Å². The Labute approximate surface area is 168 Å². The number of nitrogens with one attached hydrogen (secondary N) is 1. The average Bonchev–Trinajstić information content (AvgIpc) is 3.46. The zero-order chi connectivity index (χ0) is 20.8. The highest BCUT2D eigenvalue weighted by Crippen LogP contribution is 2.45. The maximum Gasteiger partial charge on any atom is 0.433 e. The van der Waals surface area contributed by atoms with Crippen LogP contribution in [0.2, 0.25) is 5.02 Å². The highest BCUT2D eigenvalue weighted by Gasteiger charge is 2.42. The molecule has 152 valence electrons. The largest absolute Gasteiger partial charge is 0.433 e. The molecule has 0 saturated heterocycles. The minimum absolute atomic E-state index is 0.0227. The number of hydrogen-bond acceptors (Lipinski definition) is 5.